The van der Waals surface area contributed by atoms with Gasteiger partial charge in [-0.25, -0.2) is 0 Å². The van der Waals surface area contributed by atoms with Crippen LogP contribution in [0.1, 0.15) is 76.4 Å². The summed E-state index contributed by atoms with van der Waals surface area (Å²) in [7, 11) is -2.11. The molecule has 2 aromatic carbocycles. The molecule has 0 saturated carbocycles. The molecule has 7 nitrogen and oxygen atoms in total. The molecule has 0 radical (unpaired) electrons. The Morgan fingerprint density at radius 3 is 2.07 bits per heavy atom. The minimum Gasteiger partial charge on any atom is -0.413 e. The third-order valence-corrected chi connectivity index (χ3v) is 13.0. The van der Waals surface area contributed by atoms with E-state index in [-0.39, 0.29) is 35.9 Å². The van der Waals surface area contributed by atoms with Gasteiger partial charge in [0.1, 0.15) is 6.04 Å². The monoisotopic (exact) mass is 608 g/mol. The van der Waals surface area contributed by atoms with Gasteiger partial charge in [-0.1, -0.05) is 90.9 Å². The number of hydrogen-bond acceptors (Lipinski definition) is 5. The highest BCUT2D eigenvalue weighted by atomic mass is 28.4. The van der Waals surface area contributed by atoms with Crippen LogP contribution in [-0.2, 0) is 31.6 Å². The second-order valence-corrected chi connectivity index (χ2v) is 19.2. The minimum absolute atomic E-state index is 0.00511. The topological polar surface area (TPSA) is 97.0 Å². The lowest BCUT2D eigenvalue weighted by atomic mass is 9.92. The van der Waals surface area contributed by atoms with E-state index in [0.717, 1.165) is 17.5 Å². The third kappa shape index (κ3) is 9.85. The van der Waals surface area contributed by atoms with E-state index in [9.17, 15) is 14.4 Å². The summed E-state index contributed by atoms with van der Waals surface area (Å²) in [5, 5.41) is 5.97. The molecule has 0 aromatic heterocycles. The average Bonchev–Trinajstić information content (AvgIpc) is 3.71. The number of epoxide rings is 1. The summed E-state index contributed by atoms with van der Waals surface area (Å²) in [5.74, 6) is -0.276. The van der Waals surface area contributed by atoms with Crippen LogP contribution in [-0.4, -0.2) is 56.8 Å². The van der Waals surface area contributed by atoms with Gasteiger partial charge < -0.3 is 19.8 Å². The van der Waals surface area contributed by atoms with Crippen molar-refractivity contribution in [3.8, 4) is 0 Å². The van der Waals surface area contributed by atoms with Gasteiger partial charge in [0.15, 0.2) is 19.7 Å². The van der Waals surface area contributed by atoms with Crippen molar-refractivity contribution in [2.45, 2.75) is 104 Å². The Labute approximate surface area is 259 Å². The molecule has 0 spiro atoms. The predicted molar refractivity (Wildman–Crippen MR) is 175 cm³/mol. The summed E-state index contributed by atoms with van der Waals surface area (Å²) in [6, 6.07) is 15.5. The number of nitrogens with one attached hydrogen (secondary N) is 2. The Morgan fingerprint density at radius 2 is 1.51 bits per heavy atom. The molecular formula is C35H52N2O5Si. The summed E-state index contributed by atoms with van der Waals surface area (Å²) in [4.78, 5) is 41.2. The molecule has 2 N–H and O–H groups in total. The zero-order valence-electron chi connectivity index (χ0n) is 27.6. The number of Topliss-reactive ketones (excluding diaryl/α,β-unsaturated/α-hetero) is 1. The first kappa shape index (κ1) is 34.7. The first-order chi connectivity index (χ1) is 20.0. The number of carbonyl (C=O) groups excluding carboxylic acids is 3. The fraction of sp³-hybridized carbons (Fsp3) is 0.571. The van der Waals surface area contributed by atoms with Gasteiger partial charge in [-0.2, -0.15) is 0 Å². The lowest BCUT2D eigenvalue weighted by Gasteiger charge is -2.37. The highest BCUT2D eigenvalue weighted by Crippen LogP contribution is 2.39. The zero-order valence-corrected chi connectivity index (χ0v) is 28.6. The van der Waals surface area contributed by atoms with E-state index in [1.54, 1.807) is 6.07 Å². The summed E-state index contributed by atoms with van der Waals surface area (Å²) in [6.45, 7) is 19.5. The summed E-state index contributed by atoms with van der Waals surface area (Å²) in [6.07, 6.45) is 1.61. The molecule has 3 rings (SSSR count). The minimum atomic E-state index is -2.11. The molecule has 1 aliphatic heterocycles. The van der Waals surface area contributed by atoms with Crippen molar-refractivity contribution < 1.29 is 23.5 Å². The smallest absolute Gasteiger partial charge is 0.251 e. The van der Waals surface area contributed by atoms with Crippen molar-refractivity contribution >= 4 is 25.9 Å². The second kappa shape index (κ2) is 14.3. The molecule has 2 aromatic rings. The van der Waals surface area contributed by atoms with Crippen molar-refractivity contribution in [3.63, 3.8) is 0 Å². The Kier molecular flexibility index (Phi) is 11.5. The van der Waals surface area contributed by atoms with E-state index in [2.05, 4.69) is 58.3 Å². The highest BCUT2D eigenvalue weighted by Gasteiger charge is 2.56. The van der Waals surface area contributed by atoms with Crippen LogP contribution in [0, 0.1) is 11.8 Å². The standard InChI is InChI=1S/C35H52N2O5Si/c1-24(2)18-27-16-13-17-28(20-27)32(39)37-30(21-26-14-11-10-12-15-26)33(40)36-29(19-25(3)4)31(38)35(22-41-35)23-42-43(8,9)34(5,6)7/h10-17,20,24-25,29-30H,18-19,21-23H2,1-9H3,(H,36,40)(H,37,39)/t29-,30-,35-/m0/s1. The lowest BCUT2D eigenvalue weighted by Crippen LogP contribution is -2.56. The van der Waals surface area contributed by atoms with Crippen molar-refractivity contribution in [1.29, 1.82) is 0 Å². The Hall–Kier alpha value is -2.81. The lowest BCUT2D eigenvalue weighted by molar-refractivity contribution is -0.132. The highest BCUT2D eigenvalue weighted by molar-refractivity contribution is 6.74. The second-order valence-electron chi connectivity index (χ2n) is 14.4. The van der Waals surface area contributed by atoms with Crippen LogP contribution in [0.4, 0.5) is 0 Å². The van der Waals surface area contributed by atoms with Gasteiger partial charge in [-0.05, 0) is 66.1 Å². The SMILES string of the molecule is CC(C)Cc1cccc(C(=O)N[C@@H](Cc2ccccc2)C(=O)N[C@@H](CC(C)C)C(=O)[C@@]2(CO[Si](C)(C)C(C)(C)C)CO2)c1. The number of amides is 2. The fourth-order valence-electron chi connectivity index (χ4n) is 4.80. The molecule has 43 heavy (non-hydrogen) atoms. The van der Waals surface area contributed by atoms with E-state index in [4.69, 9.17) is 9.16 Å². The number of hydrogen-bond donors (Lipinski definition) is 2. The zero-order chi connectivity index (χ0) is 32.0. The van der Waals surface area contributed by atoms with Crippen LogP contribution in [0.25, 0.3) is 0 Å². The molecule has 2 amide bonds. The summed E-state index contributed by atoms with van der Waals surface area (Å²) < 4.78 is 12.1. The molecule has 1 fully saturated rings. The molecular weight excluding hydrogens is 556 g/mol. The first-order valence-corrected chi connectivity index (χ1v) is 18.5. The van der Waals surface area contributed by atoms with Crippen LogP contribution in [0.2, 0.25) is 18.1 Å². The summed E-state index contributed by atoms with van der Waals surface area (Å²) >= 11 is 0. The van der Waals surface area contributed by atoms with Gasteiger partial charge in [0.25, 0.3) is 5.91 Å². The van der Waals surface area contributed by atoms with E-state index in [1.807, 2.05) is 62.4 Å². The Balaban J connectivity index is 1.81. The summed E-state index contributed by atoms with van der Waals surface area (Å²) in [5.41, 5.74) is 1.45. The van der Waals surface area contributed by atoms with E-state index in [1.165, 1.54) is 0 Å². The molecule has 8 heteroatoms. The van der Waals surface area contributed by atoms with Gasteiger partial charge in [0.05, 0.1) is 19.3 Å². The Morgan fingerprint density at radius 1 is 0.884 bits per heavy atom. The largest absolute Gasteiger partial charge is 0.413 e. The van der Waals surface area contributed by atoms with Gasteiger partial charge >= 0.3 is 0 Å². The van der Waals surface area contributed by atoms with E-state index >= 15 is 0 Å². The first-order valence-electron chi connectivity index (χ1n) is 15.6. The number of ketones is 1. The van der Waals surface area contributed by atoms with Crippen LogP contribution in [0.15, 0.2) is 54.6 Å². The number of rotatable bonds is 15. The van der Waals surface area contributed by atoms with E-state index in [0.29, 0.717) is 24.3 Å². The molecule has 3 atom stereocenters. The molecule has 1 aliphatic rings. The maximum absolute atomic E-state index is 13.9. The van der Waals surface area contributed by atoms with Crippen LogP contribution < -0.4 is 10.6 Å². The van der Waals surface area contributed by atoms with Crippen LogP contribution in [0.3, 0.4) is 0 Å². The molecule has 0 aliphatic carbocycles. The fourth-order valence-corrected chi connectivity index (χ4v) is 5.83. The van der Waals surface area contributed by atoms with Gasteiger partial charge in [-0.15, -0.1) is 0 Å². The van der Waals surface area contributed by atoms with Crippen LogP contribution in [0.5, 0.6) is 0 Å². The van der Waals surface area contributed by atoms with Gasteiger partial charge in [0.2, 0.25) is 5.91 Å². The molecule has 236 valence electrons. The van der Waals surface area contributed by atoms with Crippen LogP contribution >= 0.6 is 0 Å². The Bertz CT molecular complexity index is 1250. The maximum Gasteiger partial charge on any atom is 0.251 e. The maximum atomic E-state index is 13.9. The van der Waals surface area contributed by atoms with Crippen molar-refractivity contribution in [3.05, 3.63) is 71.3 Å². The number of carbonyl (C=O) groups is 3. The molecule has 0 unspecified atom stereocenters. The normalized spacial score (nSPS) is 18.3. The quantitative estimate of drug-likeness (QED) is 0.188. The van der Waals surface area contributed by atoms with Gasteiger partial charge in [-0.3, -0.25) is 14.4 Å². The van der Waals surface area contributed by atoms with Crippen molar-refractivity contribution in [1.82, 2.24) is 10.6 Å². The molecule has 0 bridgehead atoms. The number of benzene rings is 2. The molecule has 1 heterocycles. The van der Waals surface area contributed by atoms with E-state index < -0.39 is 31.9 Å². The van der Waals surface area contributed by atoms with Gasteiger partial charge in [0, 0.05) is 12.0 Å². The predicted octanol–water partition coefficient (Wildman–Crippen LogP) is 6.12. The van der Waals surface area contributed by atoms with Crippen molar-refractivity contribution in [2.75, 3.05) is 13.2 Å². The third-order valence-electron chi connectivity index (χ3n) is 8.49. The van der Waals surface area contributed by atoms with Crippen molar-refractivity contribution in [2.24, 2.45) is 11.8 Å². The number of ether oxygens (including phenoxy) is 1. The molecule has 1 saturated heterocycles. The average molecular weight is 609 g/mol.